The van der Waals surface area contributed by atoms with E-state index in [-0.39, 0.29) is 5.78 Å². The Kier molecular flexibility index (Phi) is 3.94. The molecule has 0 fully saturated rings. The van der Waals surface area contributed by atoms with Crippen LogP contribution < -0.4 is 19.5 Å². The van der Waals surface area contributed by atoms with Crippen molar-refractivity contribution in [1.29, 1.82) is 0 Å². The third-order valence-electron chi connectivity index (χ3n) is 2.98. The zero-order valence-corrected chi connectivity index (χ0v) is 11.3. The third-order valence-corrected chi connectivity index (χ3v) is 2.98. The van der Waals surface area contributed by atoms with Crippen LogP contribution >= 0.6 is 0 Å². The molecular formula is C14H17NO4. The predicted molar refractivity (Wildman–Crippen MR) is 72.0 cm³/mol. The Hall–Kier alpha value is -2.17. The van der Waals surface area contributed by atoms with Gasteiger partial charge < -0.3 is 19.5 Å². The summed E-state index contributed by atoms with van der Waals surface area (Å²) in [7, 11) is 4.70. The molecule has 0 spiro atoms. The largest absolute Gasteiger partial charge is 0.493 e. The zero-order chi connectivity index (χ0) is 13.8. The van der Waals surface area contributed by atoms with Crippen LogP contribution in [0.25, 0.3) is 0 Å². The fourth-order valence-electron chi connectivity index (χ4n) is 2.07. The van der Waals surface area contributed by atoms with Crippen molar-refractivity contribution in [3.63, 3.8) is 0 Å². The smallest absolute Gasteiger partial charge is 0.205 e. The van der Waals surface area contributed by atoms with E-state index in [1.54, 1.807) is 33.5 Å². The van der Waals surface area contributed by atoms with Crippen LogP contribution in [0.5, 0.6) is 17.2 Å². The Morgan fingerprint density at radius 1 is 1.00 bits per heavy atom. The molecule has 0 heterocycles. The molecule has 102 valence electrons. The van der Waals surface area contributed by atoms with E-state index in [1.165, 1.54) is 0 Å². The number of ether oxygens (including phenoxy) is 3. The van der Waals surface area contributed by atoms with Gasteiger partial charge in [0.2, 0.25) is 5.75 Å². The Morgan fingerprint density at radius 3 is 2.26 bits per heavy atom. The molecule has 1 aliphatic carbocycles. The van der Waals surface area contributed by atoms with Crippen LogP contribution in [-0.2, 0) is 4.79 Å². The van der Waals surface area contributed by atoms with Crippen LogP contribution in [0.1, 0.15) is 12.8 Å². The molecule has 19 heavy (non-hydrogen) atoms. The zero-order valence-electron chi connectivity index (χ0n) is 11.3. The van der Waals surface area contributed by atoms with Gasteiger partial charge in [0, 0.05) is 18.2 Å². The number of rotatable bonds is 5. The van der Waals surface area contributed by atoms with Crippen LogP contribution in [0.3, 0.4) is 0 Å². The molecule has 1 aromatic rings. The van der Waals surface area contributed by atoms with E-state index in [4.69, 9.17) is 14.2 Å². The molecule has 5 nitrogen and oxygen atoms in total. The standard InChI is InChI=1S/C14H17NO4/c1-17-12-7-6-11(13(18-2)14(12)19-3)15-9-4-5-10(16)8-9/h6-8,15H,4-5H2,1-3H3. The Labute approximate surface area is 112 Å². The van der Waals surface area contributed by atoms with Crippen LogP contribution in [0, 0.1) is 0 Å². The van der Waals surface area contributed by atoms with Gasteiger partial charge in [-0.2, -0.15) is 0 Å². The Morgan fingerprint density at radius 2 is 1.74 bits per heavy atom. The van der Waals surface area contributed by atoms with Gasteiger partial charge in [-0.15, -0.1) is 0 Å². The lowest BCUT2D eigenvalue weighted by Gasteiger charge is -2.17. The van der Waals surface area contributed by atoms with Gasteiger partial charge in [-0.3, -0.25) is 4.79 Å². The van der Waals surface area contributed by atoms with Crippen molar-refractivity contribution in [2.24, 2.45) is 0 Å². The van der Waals surface area contributed by atoms with Crippen molar-refractivity contribution in [3.05, 3.63) is 23.9 Å². The lowest BCUT2D eigenvalue weighted by atomic mass is 10.2. The molecule has 1 N–H and O–H groups in total. The first-order valence-electron chi connectivity index (χ1n) is 5.99. The van der Waals surface area contributed by atoms with Gasteiger partial charge >= 0.3 is 0 Å². The summed E-state index contributed by atoms with van der Waals surface area (Å²) < 4.78 is 15.9. The second-order valence-electron chi connectivity index (χ2n) is 4.14. The number of methoxy groups -OCH3 is 3. The molecule has 0 unspecified atom stereocenters. The first kappa shape index (κ1) is 13.3. The number of hydrogen-bond acceptors (Lipinski definition) is 5. The maximum atomic E-state index is 11.2. The molecular weight excluding hydrogens is 246 g/mol. The van der Waals surface area contributed by atoms with E-state index in [0.717, 1.165) is 17.8 Å². The first-order valence-corrected chi connectivity index (χ1v) is 5.99. The van der Waals surface area contributed by atoms with Crippen molar-refractivity contribution >= 4 is 11.5 Å². The fourth-order valence-corrected chi connectivity index (χ4v) is 2.07. The lowest BCUT2D eigenvalue weighted by Crippen LogP contribution is -2.02. The van der Waals surface area contributed by atoms with E-state index in [9.17, 15) is 4.79 Å². The second-order valence-corrected chi connectivity index (χ2v) is 4.14. The molecule has 0 amide bonds. The van der Waals surface area contributed by atoms with Crippen LogP contribution in [0.2, 0.25) is 0 Å². The van der Waals surface area contributed by atoms with E-state index >= 15 is 0 Å². The highest BCUT2D eigenvalue weighted by Gasteiger charge is 2.18. The van der Waals surface area contributed by atoms with Gasteiger partial charge in [0.25, 0.3) is 0 Å². The molecule has 0 aromatic heterocycles. The molecule has 1 aliphatic rings. The number of anilines is 1. The van der Waals surface area contributed by atoms with Gasteiger partial charge in [-0.05, 0) is 18.6 Å². The highest BCUT2D eigenvalue weighted by Crippen LogP contribution is 2.43. The van der Waals surface area contributed by atoms with E-state index in [1.807, 2.05) is 6.07 Å². The summed E-state index contributed by atoms with van der Waals surface area (Å²) in [5.41, 5.74) is 1.64. The third kappa shape index (κ3) is 2.65. The minimum absolute atomic E-state index is 0.141. The van der Waals surface area contributed by atoms with Crippen molar-refractivity contribution in [1.82, 2.24) is 0 Å². The Bertz CT molecular complexity index is 522. The number of carbonyl (C=O) groups excluding carboxylic acids is 1. The molecule has 0 saturated carbocycles. The maximum absolute atomic E-state index is 11.2. The molecule has 0 atom stereocenters. The number of allylic oxidation sites excluding steroid dienone is 2. The number of hydrogen-bond donors (Lipinski definition) is 1. The molecule has 0 aliphatic heterocycles. The summed E-state index contributed by atoms with van der Waals surface area (Å²) in [5, 5.41) is 3.20. The summed E-state index contributed by atoms with van der Waals surface area (Å²) >= 11 is 0. The van der Waals surface area contributed by atoms with Crippen molar-refractivity contribution in [3.8, 4) is 17.2 Å². The van der Waals surface area contributed by atoms with Gasteiger partial charge in [0.15, 0.2) is 17.3 Å². The van der Waals surface area contributed by atoms with Crippen molar-refractivity contribution < 1.29 is 19.0 Å². The fraction of sp³-hybridized carbons (Fsp3) is 0.357. The summed E-state index contributed by atoms with van der Waals surface area (Å²) in [5.74, 6) is 1.82. The van der Waals surface area contributed by atoms with Crippen LogP contribution in [-0.4, -0.2) is 27.1 Å². The minimum atomic E-state index is 0.141. The van der Waals surface area contributed by atoms with Gasteiger partial charge in [0.1, 0.15) is 0 Å². The van der Waals surface area contributed by atoms with E-state index in [2.05, 4.69) is 5.32 Å². The van der Waals surface area contributed by atoms with Gasteiger partial charge in [-0.25, -0.2) is 0 Å². The number of benzene rings is 1. The minimum Gasteiger partial charge on any atom is -0.493 e. The predicted octanol–water partition coefficient (Wildman–Crippen LogP) is 2.37. The molecule has 1 aromatic carbocycles. The maximum Gasteiger partial charge on any atom is 0.205 e. The molecule has 5 heteroatoms. The Balaban J connectivity index is 2.35. The summed E-state index contributed by atoms with van der Waals surface area (Å²) in [6.45, 7) is 0. The SMILES string of the molecule is COc1ccc(NC2=CC(=O)CC2)c(OC)c1OC. The molecule has 0 saturated heterocycles. The first-order chi connectivity index (χ1) is 9.19. The van der Waals surface area contributed by atoms with Crippen molar-refractivity contribution in [2.75, 3.05) is 26.6 Å². The average molecular weight is 263 g/mol. The van der Waals surface area contributed by atoms with E-state index in [0.29, 0.717) is 23.7 Å². The van der Waals surface area contributed by atoms with Crippen LogP contribution in [0.4, 0.5) is 5.69 Å². The summed E-state index contributed by atoms with van der Waals surface area (Å²) in [6, 6.07) is 3.63. The van der Waals surface area contributed by atoms with Crippen LogP contribution in [0.15, 0.2) is 23.9 Å². The quantitative estimate of drug-likeness (QED) is 0.883. The molecule has 0 radical (unpaired) electrons. The summed E-state index contributed by atoms with van der Waals surface area (Å²) in [6.07, 6.45) is 2.89. The van der Waals surface area contributed by atoms with Crippen molar-refractivity contribution in [2.45, 2.75) is 12.8 Å². The monoisotopic (exact) mass is 263 g/mol. The normalized spacial score (nSPS) is 14.1. The molecule has 0 bridgehead atoms. The second kappa shape index (κ2) is 5.65. The highest BCUT2D eigenvalue weighted by atomic mass is 16.5. The molecule has 2 rings (SSSR count). The number of ketones is 1. The lowest BCUT2D eigenvalue weighted by molar-refractivity contribution is -0.114. The van der Waals surface area contributed by atoms with Gasteiger partial charge in [-0.1, -0.05) is 0 Å². The average Bonchev–Trinajstić information content (AvgIpc) is 2.83. The topological polar surface area (TPSA) is 56.8 Å². The number of carbonyl (C=O) groups is 1. The number of nitrogens with one attached hydrogen (secondary N) is 1. The highest BCUT2D eigenvalue weighted by molar-refractivity contribution is 5.93. The van der Waals surface area contributed by atoms with E-state index < -0.39 is 0 Å². The van der Waals surface area contributed by atoms with Gasteiger partial charge in [0.05, 0.1) is 27.0 Å². The summed E-state index contributed by atoms with van der Waals surface area (Å²) in [4.78, 5) is 11.2.